The van der Waals surface area contributed by atoms with E-state index in [0.717, 1.165) is 24.2 Å². The van der Waals surface area contributed by atoms with Gasteiger partial charge in [-0.1, -0.05) is 213 Å². The highest BCUT2D eigenvalue weighted by atomic mass is 15.1. The van der Waals surface area contributed by atoms with Crippen molar-refractivity contribution < 1.29 is 0 Å². The molecule has 1 saturated carbocycles. The molecule has 0 heterocycles. The molecule has 0 saturated heterocycles. The molecular weight excluding hydrogens is 807 g/mol. The van der Waals surface area contributed by atoms with E-state index < -0.39 is 5.41 Å². The first-order chi connectivity index (χ1) is 33.2. The number of anilines is 3. The zero-order valence-corrected chi connectivity index (χ0v) is 37.3. The highest BCUT2D eigenvalue weighted by molar-refractivity contribution is 6.25. The fourth-order valence-electron chi connectivity index (χ4n) is 13.1. The molecule has 316 valence electrons. The van der Waals surface area contributed by atoms with Crippen molar-refractivity contribution >= 4 is 49.4 Å². The molecule has 0 aliphatic heterocycles. The van der Waals surface area contributed by atoms with E-state index in [4.69, 9.17) is 0 Å². The lowest BCUT2D eigenvalue weighted by atomic mass is 9.67. The second-order valence-electron chi connectivity index (χ2n) is 19.0. The Bertz CT molecular complexity index is 3670. The number of hydrogen-bond acceptors (Lipinski definition) is 1. The number of benzene rings is 11. The van der Waals surface area contributed by atoms with Gasteiger partial charge in [0.15, 0.2) is 0 Å². The monoisotopic (exact) mass is 853 g/mol. The van der Waals surface area contributed by atoms with Gasteiger partial charge in [0, 0.05) is 16.8 Å². The maximum atomic E-state index is 2.60. The number of fused-ring (bicyclic) bond motifs is 14. The van der Waals surface area contributed by atoms with E-state index in [1.807, 2.05) is 0 Å². The summed E-state index contributed by atoms with van der Waals surface area (Å²) in [5.74, 6) is 0. The lowest BCUT2D eigenvalue weighted by Crippen LogP contribution is -2.29. The van der Waals surface area contributed by atoms with Gasteiger partial charge in [-0.15, -0.1) is 0 Å². The Balaban J connectivity index is 0.994. The van der Waals surface area contributed by atoms with Crippen molar-refractivity contribution in [3.8, 4) is 33.4 Å². The molecule has 0 atom stereocenters. The lowest BCUT2D eigenvalue weighted by Gasteiger charge is -2.36. The van der Waals surface area contributed by atoms with Gasteiger partial charge >= 0.3 is 0 Å². The predicted molar refractivity (Wildman–Crippen MR) is 281 cm³/mol. The minimum absolute atomic E-state index is 0.0243. The Morgan fingerprint density at radius 3 is 1.46 bits per heavy atom. The number of hydrogen-bond donors (Lipinski definition) is 0. The first kappa shape index (κ1) is 38.3. The van der Waals surface area contributed by atoms with Crippen LogP contribution >= 0.6 is 0 Å². The summed E-state index contributed by atoms with van der Waals surface area (Å²) in [6, 6.07) is 89.3. The van der Waals surface area contributed by atoms with E-state index in [9.17, 15) is 0 Å². The SMILES string of the molecule is c1ccc(C2(c3ccccc3)c3ccccc3-c3ccc(N(c4ccc(-c5ccc6c7ccccc7c7ccccc7c6c5)cc4)c4cccc5c4C4(CCCC4)c4ccccc4-5)cc32)cc1. The summed E-state index contributed by atoms with van der Waals surface area (Å²) in [6.07, 6.45) is 4.80. The van der Waals surface area contributed by atoms with Crippen molar-refractivity contribution in [2.75, 3.05) is 4.90 Å². The third-order valence-electron chi connectivity index (χ3n) is 15.9. The fourth-order valence-corrected chi connectivity index (χ4v) is 13.1. The van der Waals surface area contributed by atoms with Crippen molar-refractivity contribution in [3.05, 3.63) is 270 Å². The van der Waals surface area contributed by atoms with Crippen LogP contribution in [0, 0.1) is 0 Å². The highest BCUT2D eigenvalue weighted by Crippen LogP contribution is 2.62. The first-order valence-electron chi connectivity index (χ1n) is 24.1. The molecule has 1 spiro atoms. The normalized spacial score (nSPS) is 14.9. The van der Waals surface area contributed by atoms with Gasteiger partial charge in [0.1, 0.15) is 0 Å². The average Bonchev–Trinajstić information content (AvgIpc) is 4.10. The molecular formula is C66H47N. The molecule has 11 aromatic rings. The zero-order chi connectivity index (χ0) is 44.1. The van der Waals surface area contributed by atoms with Crippen molar-refractivity contribution in [2.45, 2.75) is 36.5 Å². The molecule has 0 N–H and O–H groups in total. The maximum absolute atomic E-state index is 2.60. The first-order valence-corrected chi connectivity index (χ1v) is 24.1. The Labute approximate surface area is 392 Å². The lowest BCUT2D eigenvalue weighted by molar-refractivity contribution is 0.550. The molecule has 14 rings (SSSR count). The molecule has 67 heavy (non-hydrogen) atoms. The molecule has 1 heteroatoms. The van der Waals surface area contributed by atoms with E-state index >= 15 is 0 Å². The quantitative estimate of drug-likeness (QED) is 0.151. The van der Waals surface area contributed by atoms with E-state index in [0.29, 0.717) is 0 Å². The van der Waals surface area contributed by atoms with Gasteiger partial charge in [0.25, 0.3) is 0 Å². The second-order valence-corrected chi connectivity index (χ2v) is 19.0. The van der Waals surface area contributed by atoms with Gasteiger partial charge in [-0.05, 0) is 148 Å². The standard InChI is InChI=1S/C66H47N/c1-3-18-46(19-4-1)66(47-20-5-2-6-21-47)61-30-14-12-26-55(61)57-39-37-49(43-62(57)66)67(63-31-17-28-58-56-27-11-13-29-60(56)65(64(58)63)40-15-16-41-65)48-35-32-44(33-36-48)45-34-38-54-52-24-8-7-22-50(52)51-23-9-10-25-53(51)59(54)42-45/h1-14,17-39,42-43H,15-16,40-41H2. The summed E-state index contributed by atoms with van der Waals surface area (Å²) in [5.41, 5.74) is 19.0. The molecule has 1 nitrogen and oxygen atoms in total. The average molecular weight is 854 g/mol. The summed E-state index contributed by atoms with van der Waals surface area (Å²) in [7, 11) is 0. The third kappa shape index (κ3) is 5.43. The smallest absolute Gasteiger partial charge is 0.0714 e. The predicted octanol–water partition coefficient (Wildman–Crippen LogP) is 17.5. The molecule has 0 amide bonds. The van der Waals surface area contributed by atoms with Crippen LogP contribution in [0.25, 0.3) is 65.7 Å². The Morgan fingerprint density at radius 1 is 0.313 bits per heavy atom. The molecule has 0 radical (unpaired) electrons. The van der Waals surface area contributed by atoms with Crippen LogP contribution in [-0.2, 0) is 10.8 Å². The molecule has 0 unspecified atom stereocenters. The van der Waals surface area contributed by atoms with Gasteiger partial charge < -0.3 is 4.90 Å². The summed E-state index contributed by atoms with van der Waals surface area (Å²) in [4.78, 5) is 2.60. The minimum Gasteiger partial charge on any atom is -0.310 e. The molecule has 3 aliphatic rings. The van der Waals surface area contributed by atoms with Gasteiger partial charge in [0.05, 0.1) is 11.1 Å². The molecule has 0 aromatic heterocycles. The van der Waals surface area contributed by atoms with E-state index in [1.54, 1.807) is 0 Å². The largest absolute Gasteiger partial charge is 0.310 e. The van der Waals surface area contributed by atoms with Crippen molar-refractivity contribution in [1.29, 1.82) is 0 Å². The summed E-state index contributed by atoms with van der Waals surface area (Å²) >= 11 is 0. The van der Waals surface area contributed by atoms with Gasteiger partial charge in [-0.2, -0.15) is 0 Å². The molecule has 3 aliphatic carbocycles. The maximum Gasteiger partial charge on any atom is 0.0714 e. The minimum atomic E-state index is -0.507. The second kappa shape index (κ2) is 14.8. The van der Waals surface area contributed by atoms with Crippen molar-refractivity contribution in [3.63, 3.8) is 0 Å². The van der Waals surface area contributed by atoms with E-state index in [1.165, 1.54) is 118 Å². The van der Waals surface area contributed by atoms with Crippen LogP contribution < -0.4 is 4.90 Å². The van der Waals surface area contributed by atoms with E-state index in [2.05, 4.69) is 241 Å². The van der Waals surface area contributed by atoms with Gasteiger partial charge in [0.2, 0.25) is 0 Å². The third-order valence-corrected chi connectivity index (χ3v) is 15.9. The van der Waals surface area contributed by atoms with Crippen LogP contribution in [0.5, 0.6) is 0 Å². The van der Waals surface area contributed by atoms with Crippen LogP contribution in [0.4, 0.5) is 17.1 Å². The summed E-state index contributed by atoms with van der Waals surface area (Å²) < 4.78 is 0. The summed E-state index contributed by atoms with van der Waals surface area (Å²) in [6.45, 7) is 0. The van der Waals surface area contributed by atoms with Crippen LogP contribution in [-0.4, -0.2) is 0 Å². The zero-order valence-electron chi connectivity index (χ0n) is 37.3. The molecule has 0 bridgehead atoms. The Hall–Kier alpha value is -8.00. The number of nitrogens with zero attached hydrogens (tertiary/aromatic N) is 1. The van der Waals surface area contributed by atoms with Crippen molar-refractivity contribution in [1.82, 2.24) is 0 Å². The topological polar surface area (TPSA) is 3.24 Å². The Morgan fingerprint density at radius 2 is 0.806 bits per heavy atom. The highest BCUT2D eigenvalue weighted by Gasteiger charge is 2.49. The van der Waals surface area contributed by atoms with Gasteiger partial charge in [-0.25, -0.2) is 0 Å². The Kier molecular flexibility index (Phi) is 8.43. The van der Waals surface area contributed by atoms with Crippen LogP contribution in [0.1, 0.15) is 59.1 Å². The fraction of sp³-hybridized carbons (Fsp3) is 0.0909. The van der Waals surface area contributed by atoms with Crippen LogP contribution in [0.3, 0.4) is 0 Å². The molecule has 1 fully saturated rings. The van der Waals surface area contributed by atoms with Crippen molar-refractivity contribution in [2.24, 2.45) is 0 Å². The number of rotatable bonds is 6. The van der Waals surface area contributed by atoms with Crippen LogP contribution in [0.15, 0.2) is 237 Å². The van der Waals surface area contributed by atoms with E-state index in [-0.39, 0.29) is 5.41 Å². The van der Waals surface area contributed by atoms with Gasteiger partial charge in [-0.3, -0.25) is 0 Å². The van der Waals surface area contributed by atoms with Crippen LogP contribution in [0.2, 0.25) is 0 Å². The molecule has 11 aromatic carbocycles. The summed E-state index contributed by atoms with van der Waals surface area (Å²) in [5, 5.41) is 7.78.